The van der Waals surface area contributed by atoms with Crippen molar-refractivity contribution in [2.75, 3.05) is 20.1 Å². The minimum atomic E-state index is -0.109. The van der Waals surface area contributed by atoms with Crippen molar-refractivity contribution in [2.24, 2.45) is 0 Å². The lowest BCUT2D eigenvalue weighted by molar-refractivity contribution is 0.0705. The number of nitrogens with one attached hydrogen (secondary N) is 1. The Labute approximate surface area is 157 Å². The van der Waals surface area contributed by atoms with E-state index < -0.39 is 0 Å². The molecule has 3 rings (SSSR count). The number of nitrogens with zero attached hydrogens (tertiary/aromatic N) is 1. The van der Waals surface area contributed by atoms with E-state index in [4.69, 9.17) is 27.9 Å². The van der Waals surface area contributed by atoms with E-state index in [1.54, 1.807) is 30.3 Å². The molecule has 1 aliphatic rings. The Morgan fingerprint density at radius 3 is 2.36 bits per heavy atom. The van der Waals surface area contributed by atoms with Crippen molar-refractivity contribution < 1.29 is 9.53 Å². The minimum absolute atomic E-state index is 0.109. The average molecular weight is 379 g/mol. The molecule has 0 bridgehead atoms. The van der Waals surface area contributed by atoms with Crippen molar-refractivity contribution in [1.82, 2.24) is 10.2 Å². The number of hydrogen-bond acceptors (Lipinski definition) is 3. The van der Waals surface area contributed by atoms with Crippen LogP contribution in [0.2, 0.25) is 10.0 Å². The van der Waals surface area contributed by atoms with Crippen LogP contribution >= 0.6 is 23.2 Å². The zero-order valence-corrected chi connectivity index (χ0v) is 15.5. The van der Waals surface area contributed by atoms with Gasteiger partial charge >= 0.3 is 0 Å². The number of rotatable bonds is 4. The van der Waals surface area contributed by atoms with Gasteiger partial charge in [-0.25, -0.2) is 0 Å². The van der Waals surface area contributed by atoms with Crippen LogP contribution in [0, 0.1) is 0 Å². The summed E-state index contributed by atoms with van der Waals surface area (Å²) in [5.41, 5.74) is 0.381. The molecule has 1 N–H and O–H groups in total. The highest BCUT2D eigenvalue weighted by atomic mass is 35.5. The number of benzene rings is 2. The zero-order valence-electron chi connectivity index (χ0n) is 14.0. The number of piperidine rings is 1. The Kier molecular flexibility index (Phi) is 5.84. The molecular weight excluding hydrogens is 359 g/mol. The lowest BCUT2D eigenvalue weighted by Gasteiger charge is -2.32. The van der Waals surface area contributed by atoms with Gasteiger partial charge in [0, 0.05) is 19.1 Å². The average Bonchev–Trinajstić information content (AvgIpc) is 2.63. The Hall–Kier alpha value is -1.75. The summed E-state index contributed by atoms with van der Waals surface area (Å²) >= 11 is 12.5. The van der Waals surface area contributed by atoms with Gasteiger partial charge in [-0.2, -0.15) is 0 Å². The molecule has 1 fully saturated rings. The van der Waals surface area contributed by atoms with Crippen LogP contribution in [-0.2, 0) is 0 Å². The van der Waals surface area contributed by atoms with E-state index in [1.165, 1.54) is 0 Å². The predicted molar refractivity (Wildman–Crippen MR) is 101 cm³/mol. The maximum Gasteiger partial charge on any atom is 0.259 e. The van der Waals surface area contributed by atoms with E-state index >= 15 is 0 Å². The first-order chi connectivity index (χ1) is 12.1. The lowest BCUT2D eigenvalue weighted by atomic mass is 10.0. The first kappa shape index (κ1) is 18.1. The maximum atomic E-state index is 13.0. The fraction of sp³-hybridized carbons (Fsp3) is 0.316. The van der Waals surface area contributed by atoms with E-state index in [9.17, 15) is 4.79 Å². The van der Waals surface area contributed by atoms with Crippen LogP contribution < -0.4 is 10.1 Å². The molecule has 0 aliphatic carbocycles. The van der Waals surface area contributed by atoms with E-state index in [0.29, 0.717) is 46.2 Å². The second-order valence-electron chi connectivity index (χ2n) is 6.00. The van der Waals surface area contributed by atoms with Crippen LogP contribution in [-0.4, -0.2) is 37.0 Å². The Bertz CT molecular complexity index is 759. The highest BCUT2D eigenvalue weighted by molar-refractivity contribution is 6.34. The van der Waals surface area contributed by atoms with Crippen molar-refractivity contribution in [2.45, 2.75) is 18.9 Å². The van der Waals surface area contributed by atoms with Crippen LogP contribution in [0.4, 0.5) is 0 Å². The number of likely N-dealkylation sites (tertiary alicyclic amines) is 1. The van der Waals surface area contributed by atoms with Crippen LogP contribution in [0.5, 0.6) is 11.5 Å². The van der Waals surface area contributed by atoms with Crippen molar-refractivity contribution in [3.8, 4) is 11.5 Å². The molecule has 132 valence electrons. The molecule has 2 aromatic carbocycles. The van der Waals surface area contributed by atoms with Gasteiger partial charge in [0.2, 0.25) is 0 Å². The van der Waals surface area contributed by atoms with E-state index in [0.717, 1.165) is 12.8 Å². The molecular formula is C19H20Cl2N2O2. The fourth-order valence-electron chi connectivity index (χ4n) is 2.97. The van der Waals surface area contributed by atoms with Crippen LogP contribution in [0.1, 0.15) is 23.2 Å². The topological polar surface area (TPSA) is 41.6 Å². The summed E-state index contributed by atoms with van der Waals surface area (Å²) in [5, 5.41) is 4.12. The molecule has 1 saturated heterocycles. The molecule has 0 unspecified atom stereocenters. The second-order valence-corrected chi connectivity index (χ2v) is 6.82. The van der Waals surface area contributed by atoms with Gasteiger partial charge in [-0.15, -0.1) is 0 Å². The first-order valence-corrected chi connectivity index (χ1v) is 9.03. The smallest absolute Gasteiger partial charge is 0.259 e. The molecule has 0 aromatic heterocycles. The molecule has 1 aliphatic heterocycles. The van der Waals surface area contributed by atoms with Crippen molar-refractivity contribution >= 4 is 29.1 Å². The normalized spacial score (nSPS) is 15.2. The molecule has 1 heterocycles. The third-order valence-electron chi connectivity index (χ3n) is 4.44. The van der Waals surface area contributed by atoms with Gasteiger partial charge in [-0.1, -0.05) is 41.4 Å². The number of amides is 1. The SMILES string of the molecule is CNC1CCN(C(=O)c2c(Cl)cccc2Oc2ccccc2Cl)CC1. The lowest BCUT2D eigenvalue weighted by Crippen LogP contribution is -2.44. The highest BCUT2D eigenvalue weighted by Gasteiger charge is 2.27. The minimum Gasteiger partial charge on any atom is -0.455 e. The fourth-order valence-corrected chi connectivity index (χ4v) is 3.39. The molecule has 0 spiro atoms. The summed E-state index contributed by atoms with van der Waals surface area (Å²) in [6.07, 6.45) is 1.85. The van der Waals surface area contributed by atoms with Crippen LogP contribution in [0.3, 0.4) is 0 Å². The number of hydrogen-bond donors (Lipinski definition) is 1. The number of carbonyl (C=O) groups excluding carboxylic acids is 1. The summed E-state index contributed by atoms with van der Waals surface area (Å²) in [6.45, 7) is 1.39. The van der Waals surface area contributed by atoms with Crippen molar-refractivity contribution in [3.63, 3.8) is 0 Å². The molecule has 0 atom stereocenters. The Morgan fingerprint density at radius 1 is 1.04 bits per heavy atom. The largest absolute Gasteiger partial charge is 0.455 e. The molecule has 2 aromatic rings. The quantitative estimate of drug-likeness (QED) is 0.844. The van der Waals surface area contributed by atoms with Gasteiger partial charge in [0.05, 0.1) is 10.0 Å². The third kappa shape index (κ3) is 4.09. The van der Waals surface area contributed by atoms with Gasteiger partial charge in [-0.05, 0) is 44.2 Å². The van der Waals surface area contributed by atoms with Gasteiger partial charge < -0.3 is 15.0 Å². The van der Waals surface area contributed by atoms with E-state index in [2.05, 4.69) is 5.32 Å². The van der Waals surface area contributed by atoms with Crippen LogP contribution in [0.15, 0.2) is 42.5 Å². The predicted octanol–water partition coefficient (Wildman–Crippen LogP) is 4.61. The summed E-state index contributed by atoms with van der Waals surface area (Å²) in [6, 6.07) is 12.8. The standard InChI is InChI=1S/C19H20Cl2N2O2/c1-22-13-9-11-23(12-10-13)19(24)18-15(21)6-4-8-17(18)25-16-7-3-2-5-14(16)20/h2-8,13,22H,9-12H2,1H3. The summed E-state index contributed by atoms with van der Waals surface area (Å²) in [7, 11) is 1.95. The third-order valence-corrected chi connectivity index (χ3v) is 5.06. The molecule has 4 nitrogen and oxygen atoms in total. The summed E-state index contributed by atoms with van der Waals surface area (Å²) < 4.78 is 5.90. The summed E-state index contributed by atoms with van der Waals surface area (Å²) in [4.78, 5) is 14.8. The van der Waals surface area contributed by atoms with E-state index in [-0.39, 0.29) is 5.91 Å². The maximum absolute atomic E-state index is 13.0. The molecule has 6 heteroatoms. The molecule has 0 radical (unpaired) electrons. The Balaban J connectivity index is 1.86. The highest BCUT2D eigenvalue weighted by Crippen LogP contribution is 2.35. The van der Waals surface area contributed by atoms with Crippen molar-refractivity contribution in [3.05, 3.63) is 58.1 Å². The van der Waals surface area contributed by atoms with Crippen molar-refractivity contribution in [1.29, 1.82) is 0 Å². The number of carbonyl (C=O) groups is 1. The zero-order chi connectivity index (χ0) is 17.8. The molecule has 25 heavy (non-hydrogen) atoms. The number of ether oxygens (including phenoxy) is 1. The monoisotopic (exact) mass is 378 g/mol. The number of halogens is 2. The van der Waals surface area contributed by atoms with Crippen LogP contribution in [0.25, 0.3) is 0 Å². The summed E-state index contributed by atoms with van der Waals surface area (Å²) in [5.74, 6) is 0.804. The number of para-hydroxylation sites is 1. The second kappa shape index (κ2) is 8.09. The van der Waals surface area contributed by atoms with E-state index in [1.807, 2.05) is 24.1 Å². The molecule has 0 saturated carbocycles. The Morgan fingerprint density at radius 2 is 1.68 bits per heavy atom. The molecule has 1 amide bonds. The first-order valence-electron chi connectivity index (χ1n) is 8.27. The van der Waals surface area contributed by atoms with Gasteiger partial charge in [0.15, 0.2) is 0 Å². The van der Waals surface area contributed by atoms with Gasteiger partial charge in [-0.3, -0.25) is 4.79 Å². The van der Waals surface area contributed by atoms with Gasteiger partial charge in [0.1, 0.15) is 17.1 Å². The van der Waals surface area contributed by atoms with Gasteiger partial charge in [0.25, 0.3) is 5.91 Å².